The van der Waals surface area contributed by atoms with Gasteiger partial charge in [-0.2, -0.15) is 4.31 Å². The number of carbonyl (C=O) groups excluding carboxylic acids is 1. The minimum absolute atomic E-state index is 0.0460. The Morgan fingerprint density at radius 3 is 2.70 bits per heavy atom. The number of benzene rings is 1. The van der Waals surface area contributed by atoms with Gasteiger partial charge in [0, 0.05) is 45.6 Å². The Bertz CT molecular complexity index is 980. The predicted octanol–water partition coefficient (Wildman–Crippen LogP) is 2.31. The molecule has 0 saturated carbocycles. The zero-order valence-corrected chi connectivity index (χ0v) is 18.9. The highest BCUT2D eigenvalue weighted by Gasteiger charge is 2.27. The maximum Gasteiger partial charge on any atom is 0.243 e. The number of hydrogen-bond acceptors (Lipinski definition) is 5. The van der Waals surface area contributed by atoms with Gasteiger partial charge in [-0.3, -0.25) is 4.79 Å². The number of hydrogen-bond donors (Lipinski definition) is 1. The van der Waals surface area contributed by atoms with Crippen LogP contribution in [0, 0.1) is 0 Å². The van der Waals surface area contributed by atoms with E-state index >= 15 is 0 Å². The summed E-state index contributed by atoms with van der Waals surface area (Å²) in [6.45, 7) is 6.37. The molecule has 2 heterocycles. The molecule has 0 bridgehead atoms. The van der Waals surface area contributed by atoms with Crippen molar-refractivity contribution in [2.75, 3.05) is 26.8 Å². The minimum atomic E-state index is -3.48. The average Bonchev–Trinajstić information content (AvgIpc) is 3.35. The normalized spacial score (nSPS) is 16.2. The molecule has 1 unspecified atom stereocenters. The van der Waals surface area contributed by atoms with Crippen LogP contribution in [0.2, 0.25) is 0 Å². The van der Waals surface area contributed by atoms with Crippen LogP contribution in [0.15, 0.2) is 23.1 Å². The Morgan fingerprint density at radius 1 is 1.30 bits per heavy atom. The van der Waals surface area contributed by atoms with Crippen LogP contribution in [-0.4, -0.2) is 61.0 Å². The number of fused-ring (bicyclic) bond motifs is 1. The largest absolute Gasteiger partial charge is 0.383 e. The zero-order valence-electron chi connectivity index (χ0n) is 18.1. The van der Waals surface area contributed by atoms with E-state index in [9.17, 15) is 13.2 Å². The monoisotopic (exact) mass is 436 g/mol. The van der Waals surface area contributed by atoms with Crippen molar-refractivity contribution in [1.82, 2.24) is 19.2 Å². The van der Waals surface area contributed by atoms with E-state index in [-0.39, 0.29) is 16.8 Å². The minimum Gasteiger partial charge on any atom is -0.383 e. The van der Waals surface area contributed by atoms with E-state index in [1.807, 2.05) is 13.0 Å². The molecule has 1 saturated heterocycles. The molecule has 1 aliphatic heterocycles. The quantitative estimate of drug-likeness (QED) is 0.617. The standard InChI is InChI=1S/C21H32N4O4S/c1-4-11-25-19-8-7-17(30(27,28)24-12-5-6-13-24)14-18(19)23-20(25)9-10-21(26)22-16(2)15-29-3/h7-8,14,16H,4-6,9-13,15H2,1-3H3,(H,22,26). The van der Waals surface area contributed by atoms with Gasteiger partial charge in [0.1, 0.15) is 5.82 Å². The van der Waals surface area contributed by atoms with Gasteiger partial charge in [-0.1, -0.05) is 6.92 Å². The molecule has 0 radical (unpaired) electrons. The lowest BCUT2D eigenvalue weighted by molar-refractivity contribution is -0.122. The summed E-state index contributed by atoms with van der Waals surface area (Å²) in [6.07, 6.45) is 3.54. The van der Waals surface area contributed by atoms with Crippen LogP contribution in [0.5, 0.6) is 0 Å². The molecule has 1 fully saturated rings. The van der Waals surface area contributed by atoms with Crippen molar-refractivity contribution in [1.29, 1.82) is 0 Å². The second-order valence-corrected chi connectivity index (χ2v) is 9.80. The topological polar surface area (TPSA) is 93.5 Å². The number of imidazole rings is 1. The number of nitrogens with zero attached hydrogens (tertiary/aromatic N) is 3. The molecule has 1 aliphatic rings. The maximum absolute atomic E-state index is 12.9. The lowest BCUT2D eigenvalue weighted by Gasteiger charge is -2.15. The van der Waals surface area contributed by atoms with E-state index < -0.39 is 10.0 Å². The smallest absolute Gasteiger partial charge is 0.243 e. The Hall–Kier alpha value is -1.97. The number of rotatable bonds is 10. The van der Waals surface area contributed by atoms with Gasteiger partial charge in [-0.25, -0.2) is 13.4 Å². The second kappa shape index (κ2) is 9.89. The van der Waals surface area contributed by atoms with Gasteiger partial charge in [-0.05, 0) is 44.4 Å². The van der Waals surface area contributed by atoms with E-state index in [2.05, 4.69) is 16.8 Å². The number of aromatic nitrogens is 2. The Kier molecular flexibility index (Phi) is 7.49. The van der Waals surface area contributed by atoms with E-state index in [4.69, 9.17) is 9.72 Å². The summed E-state index contributed by atoms with van der Waals surface area (Å²) in [7, 11) is -1.88. The summed E-state index contributed by atoms with van der Waals surface area (Å²) in [5.41, 5.74) is 1.56. The van der Waals surface area contributed by atoms with Crippen LogP contribution in [-0.2, 0) is 32.5 Å². The number of nitrogens with one attached hydrogen (secondary N) is 1. The Balaban J connectivity index is 1.82. The molecular weight excluding hydrogens is 404 g/mol. The van der Waals surface area contributed by atoms with Gasteiger partial charge in [0.25, 0.3) is 0 Å². The molecule has 1 aromatic carbocycles. The molecule has 0 spiro atoms. The van der Waals surface area contributed by atoms with Gasteiger partial charge in [0.15, 0.2) is 0 Å². The van der Waals surface area contributed by atoms with Crippen LogP contribution in [0.25, 0.3) is 11.0 Å². The van der Waals surface area contributed by atoms with Gasteiger partial charge in [0.05, 0.1) is 22.5 Å². The van der Waals surface area contributed by atoms with Crippen molar-refractivity contribution < 1.29 is 17.9 Å². The summed E-state index contributed by atoms with van der Waals surface area (Å²) in [5, 5.41) is 2.91. The molecule has 1 aromatic heterocycles. The molecule has 9 heteroatoms. The lowest BCUT2D eigenvalue weighted by Crippen LogP contribution is -2.35. The molecule has 3 rings (SSSR count). The van der Waals surface area contributed by atoms with Gasteiger partial charge < -0.3 is 14.6 Å². The molecule has 166 valence electrons. The summed E-state index contributed by atoms with van der Waals surface area (Å²) >= 11 is 0. The number of carbonyl (C=O) groups is 1. The highest BCUT2D eigenvalue weighted by Crippen LogP contribution is 2.25. The molecule has 30 heavy (non-hydrogen) atoms. The van der Waals surface area contributed by atoms with E-state index in [0.717, 1.165) is 37.1 Å². The average molecular weight is 437 g/mol. The second-order valence-electron chi connectivity index (χ2n) is 7.87. The number of amides is 1. The summed E-state index contributed by atoms with van der Waals surface area (Å²) in [5.74, 6) is 0.754. The fraction of sp³-hybridized carbons (Fsp3) is 0.619. The molecule has 0 aliphatic carbocycles. The van der Waals surface area contributed by atoms with Gasteiger partial charge in [-0.15, -0.1) is 0 Å². The molecular formula is C21H32N4O4S. The van der Waals surface area contributed by atoms with Gasteiger partial charge >= 0.3 is 0 Å². The first-order valence-electron chi connectivity index (χ1n) is 10.6. The Morgan fingerprint density at radius 2 is 2.03 bits per heavy atom. The van der Waals surface area contributed by atoms with Crippen molar-refractivity contribution in [3.8, 4) is 0 Å². The molecule has 8 nitrogen and oxygen atoms in total. The van der Waals surface area contributed by atoms with Crippen molar-refractivity contribution >= 4 is 27.0 Å². The van der Waals surface area contributed by atoms with Crippen molar-refractivity contribution in [3.05, 3.63) is 24.0 Å². The summed E-state index contributed by atoms with van der Waals surface area (Å²) < 4.78 is 34.5. The third kappa shape index (κ3) is 5.01. The number of aryl methyl sites for hydroxylation is 2. The molecule has 1 amide bonds. The first-order chi connectivity index (χ1) is 14.4. The predicted molar refractivity (Wildman–Crippen MR) is 116 cm³/mol. The third-order valence-electron chi connectivity index (χ3n) is 5.35. The van der Waals surface area contributed by atoms with Crippen LogP contribution >= 0.6 is 0 Å². The molecule has 2 aromatic rings. The first kappa shape index (κ1) is 22.7. The summed E-state index contributed by atoms with van der Waals surface area (Å²) in [4.78, 5) is 17.2. The van der Waals surface area contributed by atoms with Crippen molar-refractivity contribution in [3.63, 3.8) is 0 Å². The SMILES string of the molecule is CCCn1c(CCC(=O)NC(C)COC)nc2cc(S(=O)(=O)N3CCCC3)ccc21. The van der Waals surface area contributed by atoms with Crippen LogP contribution < -0.4 is 5.32 Å². The lowest BCUT2D eigenvalue weighted by atomic mass is 10.2. The number of methoxy groups -OCH3 is 1. The van der Waals surface area contributed by atoms with Gasteiger partial charge in [0.2, 0.25) is 15.9 Å². The maximum atomic E-state index is 12.9. The Labute approximate surface area is 178 Å². The van der Waals surface area contributed by atoms with Crippen molar-refractivity contribution in [2.24, 2.45) is 0 Å². The van der Waals surface area contributed by atoms with E-state index in [1.54, 1.807) is 23.5 Å². The van der Waals surface area contributed by atoms with E-state index in [1.165, 1.54) is 0 Å². The van der Waals surface area contributed by atoms with Crippen LogP contribution in [0.1, 0.15) is 45.4 Å². The number of sulfonamides is 1. The number of ether oxygens (including phenoxy) is 1. The van der Waals surface area contributed by atoms with Crippen molar-refractivity contribution in [2.45, 2.75) is 63.4 Å². The molecule has 1 atom stereocenters. The fourth-order valence-corrected chi connectivity index (χ4v) is 5.46. The molecule has 1 N–H and O–H groups in total. The summed E-state index contributed by atoms with van der Waals surface area (Å²) in [6, 6.07) is 5.13. The first-order valence-corrected chi connectivity index (χ1v) is 12.1. The van der Waals surface area contributed by atoms with Crippen LogP contribution in [0.4, 0.5) is 0 Å². The highest BCUT2D eigenvalue weighted by atomic mass is 32.2. The highest BCUT2D eigenvalue weighted by molar-refractivity contribution is 7.89. The van der Waals surface area contributed by atoms with Crippen LogP contribution in [0.3, 0.4) is 0 Å². The van der Waals surface area contributed by atoms with E-state index in [0.29, 0.717) is 38.1 Å². The third-order valence-corrected chi connectivity index (χ3v) is 7.24. The zero-order chi connectivity index (χ0) is 21.7. The fourth-order valence-electron chi connectivity index (χ4n) is 3.93.